The molecule has 0 aliphatic heterocycles. The summed E-state index contributed by atoms with van der Waals surface area (Å²) >= 11 is 5.57. The summed E-state index contributed by atoms with van der Waals surface area (Å²) in [6, 6.07) is 12.3. The molecule has 0 spiro atoms. The van der Waals surface area contributed by atoms with Crippen LogP contribution < -0.4 is 10.6 Å². The average molecular weight is 409 g/mol. The minimum Gasteiger partial charge on any atom is -0.459 e. The highest BCUT2D eigenvalue weighted by molar-refractivity contribution is 6.32. The molecule has 144 valence electrons. The Morgan fingerprint density at radius 3 is 2.24 bits per heavy atom. The topological polar surface area (TPSA) is 105 Å². The van der Waals surface area contributed by atoms with Crippen molar-refractivity contribution in [3.05, 3.63) is 82.8 Å². The lowest BCUT2D eigenvalue weighted by Gasteiger charge is -2.22. The summed E-state index contributed by atoms with van der Waals surface area (Å²) in [7, 11) is 0. The fourth-order valence-corrected chi connectivity index (χ4v) is 3.25. The van der Waals surface area contributed by atoms with Gasteiger partial charge in [-0.15, -0.1) is 11.6 Å². The third-order valence-corrected chi connectivity index (χ3v) is 4.72. The Bertz CT molecular complexity index is 1170. The maximum absolute atomic E-state index is 13.2. The summed E-state index contributed by atoms with van der Waals surface area (Å²) in [6.45, 7) is 0. The van der Waals surface area contributed by atoms with Gasteiger partial charge in [0.25, 0.3) is 5.91 Å². The SMILES string of the molecule is O=C(CCl)Nc1ccc2c(c1NC(=O)c1ccco1)C(=O)c1ccccc1C2=O. The minimum atomic E-state index is -0.635. The molecule has 1 aliphatic rings. The Hall–Kier alpha value is -3.71. The molecule has 29 heavy (non-hydrogen) atoms. The summed E-state index contributed by atoms with van der Waals surface area (Å²) in [5.41, 5.74) is 0.795. The Morgan fingerprint density at radius 2 is 1.59 bits per heavy atom. The standard InChI is InChI=1S/C21H13ClN2O5/c22-10-16(25)23-14-8-7-13-17(18(14)24-21(28)15-6-3-9-29-15)20(27)12-5-2-1-4-11(12)19(13)26/h1-9H,10H2,(H,23,25)(H,24,28). The zero-order valence-corrected chi connectivity index (χ0v) is 15.6. The molecule has 1 heterocycles. The number of hydrogen-bond donors (Lipinski definition) is 2. The first kappa shape index (κ1) is 18.6. The molecule has 4 rings (SSSR count). The van der Waals surface area contributed by atoms with Gasteiger partial charge in [-0.05, 0) is 24.3 Å². The Morgan fingerprint density at radius 1 is 0.862 bits per heavy atom. The lowest BCUT2D eigenvalue weighted by molar-refractivity contribution is -0.113. The summed E-state index contributed by atoms with van der Waals surface area (Å²) in [4.78, 5) is 50.5. The lowest BCUT2D eigenvalue weighted by Crippen LogP contribution is -2.25. The largest absolute Gasteiger partial charge is 0.459 e. The van der Waals surface area contributed by atoms with Crippen LogP contribution >= 0.6 is 11.6 Å². The number of carbonyl (C=O) groups excluding carboxylic acids is 4. The molecule has 2 N–H and O–H groups in total. The van der Waals surface area contributed by atoms with Crippen LogP contribution in [0.15, 0.2) is 59.2 Å². The molecular weight excluding hydrogens is 396 g/mol. The Balaban J connectivity index is 1.88. The summed E-state index contributed by atoms with van der Waals surface area (Å²) in [6.07, 6.45) is 1.33. The van der Waals surface area contributed by atoms with E-state index in [1.165, 1.54) is 30.5 Å². The van der Waals surface area contributed by atoms with Crippen molar-refractivity contribution in [1.82, 2.24) is 0 Å². The fraction of sp³-hybridized carbons (Fsp3) is 0.0476. The van der Waals surface area contributed by atoms with Gasteiger partial charge in [0.2, 0.25) is 5.91 Å². The smallest absolute Gasteiger partial charge is 0.291 e. The number of halogens is 1. The van der Waals surface area contributed by atoms with Crippen LogP contribution in [0.2, 0.25) is 0 Å². The van der Waals surface area contributed by atoms with Crippen molar-refractivity contribution in [1.29, 1.82) is 0 Å². The van der Waals surface area contributed by atoms with Crippen LogP contribution in [0.5, 0.6) is 0 Å². The predicted octanol–water partition coefficient (Wildman–Crippen LogP) is 3.48. The third kappa shape index (κ3) is 3.21. The molecule has 0 unspecified atom stereocenters. The second-order valence-corrected chi connectivity index (χ2v) is 6.50. The molecule has 2 amide bonds. The number of ketones is 2. The molecule has 3 aromatic rings. The second kappa shape index (κ2) is 7.37. The number of carbonyl (C=O) groups is 4. The zero-order valence-electron chi connectivity index (χ0n) is 14.8. The molecule has 1 aromatic heterocycles. The van der Waals surface area contributed by atoms with E-state index in [1.54, 1.807) is 24.3 Å². The number of rotatable bonds is 4. The molecule has 0 fully saturated rings. The van der Waals surface area contributed by atoms with E-state index in [0.717, 1.165) is 0 Å². The van der Waals surface area contributed by atoms with E-state index in [-0.39, 0.29) is 51.1 Å². The Kier molecular flexibility index (Phi) is 4.74. The fourth-order valence-electron chi connectivity index (χ4n) is 3.19. The quantitative estimate of drug-likeness (QED) is 0.503. The van der Waals surface area contributed by atoms with Gasteiger partial charge < -0.3 is 15.1 Å². The third-order valence-electron chi connectivity index (χ3n) is 4.47. The van der Waals surface area contributed by atoms with Gasteiger partial charge in [0.1, 0.15) is 5.88 Å². The number of fused-ring (bicyclic) bond motifs is 2. The second-order valence-electron chi connectivity index (χ2n) is 6.23. The maximum atomic E-state index is 13.2. The summed E-state index contributed by atoms with van der Waals surface area (Å²) in [5, 5.41) is 5.13. The number of alkyl halides is 1. The van der Waals surface area contributed by atoms with Crippen molar-refractivity contribution in [3.8, 4) is 0 Å². The summed E-state index contributed by atoms with van der Waals surface area (Å²) < 4.78 is 5.09. The van der Waals surface area contributed by atoms with Gasteiger partial charge in [0, 0.05) is 16.7 Å². The number of benzene rings is 2. The maximum Gasteiger partial charge on any atom is 0.291 e. The van der Waals surface area contributed by atoms with E-state index >= 15 is 0 Å². The number of anilines is 2. The van der Waals surface area contributed by atoms with Crippen LogP contribution in [0.25, 0.3) is 0 Å². The first-order valence-electron chi connectivity index (χ1n) is 8.57. The van der Waals surface area contributed by atoms with Crippen molar-refractivity contribution in [3.63, 3.8) is 0 Å². The van der Waals surface area contributed by atoms with Gasteiger partial charge in [-0.2, -0.15) is 0 Å². The van der Waals surface area contributed by atoms with Crippen LogP contribution in [-0.2, 0) is 4.79 Å². The number of hydrogen-bond acceptors (Lipinski definition) is 5. The first-order chi connectivity index (χ1) is 14.0. The van der Waals surface area contributed by atoms with E-state index in [1.807, 2.05) is 0 Å². The average Bonchev–Trinajstić information content (AvgIpc) is 3.28. The van der Waals surface area contributed by atoms with Crippen LogP contribution in [0.3, 0.4) is 0 Å². The molecule has 0 atom stereocenters. The van der Waals surface area contributed by atoms with Crippen LogP contribution in [0.1, 0.15) is 42.4 Å². The van der Waals surface area contributed by atoms with Crippen molar-refractivity contribution in [2.45, 2.75) is 0 Å². The Labute approximate surface area is 169 Å². The van der Waals surface area contributed by atoms with Gasteiger partial charge in [0.15, 0.2) is 17.3 Å². The number of amides is 2. The first-order valence-corrected chi connectivity index (χ1v) is 9.11. The molecule has 0 radical (unpaired) electrons. The van der Waals surface area contributed by atoms with E-state index in [0.29, 0.717) is 0 Å². The van der Waals surface area contributed by atoms with E-state index in [4.69, 9.17) is 16.0 Å². The van der Waals surface area contributed by atoms with Crippen molar-refractivity contribution in [2.75, 3.05) is 16.5 Å². The zero-order chi connectivity index (χ0) is 20.5. The monoisotopic (exact) mass is 408 g/mol. The number of nitrogens with one attached hydrogen (secondary N) is 2. The predicted molar refractivity (Wildman–Crippen MR) is 106 cm³/mol. The van der Waals surface area contributed by atoms with Crippen LogP contribution in [0, 0.1) is 0 Å². The molecule has 0 saturated heterocycles. The van der Waals surface area contributed by atoms with E-state index < -0.39 is 17.6 Å². The summed E-state index contributed by atoms with van der Waals surface area (Å²) in [5.74, 6) is -2.27. The van der Waals surface area contributed by atoms with Crippen LogP contribution in [-0.4, -0.2) is 29.3 Å². The highest BCUT2D eigenvalue weighted by Crippen LogP contribution is 2.37. The van der Waals surface area contributed by atoms with E-state index in [2.05, 4.69) is 10.6 Å². The highest BCUT2D eigenvalue weighted by Gasteiger charge is 2.33. The van der Waals surface area contributed by atoms with Crippen molar-refractivity contribution >= 4 is 46.4 Å². The van der Waals surface area contributed by atoms with E-state index in [9.17, 15) is 19.2 Å². The van der Waals surface area contributed by atoms with Gasteiger partial charge in [0.05, 0.1) is 23.2 Å². The highest BCUT2D eigenvalue weighted by atomic mass is 35.5. The van der Waals surface area contributed by atoms with Crippen molar-refractivity contribution in [2.24, 2.45) is 0 Å². The lowest BCUT2D eigenvalue weighted by atomic mass is 9.82. The molecule has 2 aromatic carbocycles. The normalized spacial score (nSPS) is 12.2. The molecule has 0 bridgehead atoms. The molecular formula is C21H13ClN2O5. The van der Waals surface area contributed by atoms with Crippen molar-refractivity contribution < 1.29 is 23.6 Å². The van der Waals surface area contributed by atoms with Gasteiger partial charge in [-0.25, -0.2) is 0 Å². The molecule has 0 saturated carbocycles. The number of furan rings is 1. The minimum absolute atomic E-state index is 0.000906. The van der Waals surface area contributed by atoms with Gasteiger partial charge in [-0.1, -0.05) is 24.3 Å². The van der Waals surface area contributed by atoms with Crippen LogP contribution in [0.4, 0.5) is 11.4 Å². The van der Waals surface area contributed by atoms with Gasteiger partial charge in [-0.3, -0.25) is 19.2 Å². The molecule has 8 heteroatoms. The molecule has 1 aliphatic carbocycles. The van der Waals surface area contributed by atoms with Gasteiger partial charge >= 0.3 is 0 Å². The molecule has 7 nitrogen and oxygen atoms in total.